The van der Waals surface area contributed by atoms with Crippen molar-refractivity contribution in [1.29, 1.82) is 0 Å². The van der Waals surface area contributed by atoms with Crippen molar-refractivity contribution >= 4 is 29.1 Å². The SMILES string of the molecule is Cc1cc(Nc2nc(N[C@@H](C)c3ccc(F)cn3)nc(N3CCOCC3)c2[N+](=O)[O-])n[nH]1. The Morgan fingerprint density at radius 1 is 1.31 bits per heavy atom. The van der Waals surface area contributed by atoms with Crippen LogP contribution < -0.4 is 15.5 Å². The highest BCUT2D eigenvalue weighted by Crippen LogP contribution is 2.36. The lowest BCUT2D eigenvalue weighted by atomic mass is 10.2. The quantitative estimate of drug-likeness (QED) is 0.368. The Labute approximate surface area is 182 Å². The van der Waals surface area contributed by atoms with E-state index in [1.165, 1.54) is 6.07 Å². The fourth-order valence-electron chi connectivity index (χ4n) is 3.27. The largest absolute Gasteiger partial charge is 0.378 e. The minimum Gasteiger partial charge on any atom is -0.378 e. The van der Waals surface area contributed by atoms with Crippen molar-refractivity contribution in [3.63, 3.8) is 0 Å². The highest BCUT2D eigenvalue weighted by molar-refractivity contribution is 5.75. The van der Waals surface area contributed by atoms with Crippen LogP contribution in [0.15, 0.2) is 24.4 Å². The fourth-order valence-corrected chi connectivity index (χ4v) is 3.27. The molecule has 13 heteroatoms. The molecule has 1 saturated heterocycles. The van der Waals surface area contributed by atoms with Crippen LogP contribution in [-0.4, -0.2) is 56.4 Å². The van der Waals surface area contributed by atoms with E-state index in [0.29, 0.717) is 37.8 Å². The number of nitrogens with zero attached hydrogens (tertiary/aromatic N) is 6. The number of rotatable bonds is 7. The molecule has 0 aromatic carbocycles. The van der Waals surface area contributed by atoms with Crippen molar-refractivity contribution in [2.45, 2.75) is 19.9 Å². The number of pyridine rings is 1. The van der Waals surface area contributed by atoms with E-state index in [1.807, 2.05) is 13.8 Å². The van der Waals surface area contributed by atoms with Gasteiger partial charge in [0.05, 0.1) is 36.1 Å². The average molecular weight is 443 g/mol. The normalized spacial score (nSPS) is 14.8. The van der Waals surface area contributed by atoms with Crippen molar-refractivity contribution in [3.05, 3.63) is 51.7 Å². The molecule has 1 fully saturated rings. The first-order valence-corrected chi connectivity index (χ1v) is 9.97. The molecule has 3 aromatic rings. The van der Waals surface area contributed by atoms with Crippen LogP contribution in [0.4, 0.5) is 33.5 Å². The van der Waals surface area contributed by atoms with Crippen molar-refractivity contribution < 1.29 is 14.1 Å². The molecule has 1 aliphatic rings. The lowest BCUT2D eigenvalue weighted by Crippen LogP contribution is -2.37. The summed E-state index contributed by atoms with van der Waals surface area (Å²) in [5, 5.41) is 24.9. The van der Waals surface area contributed by atoms with Crippen molar-refractivity contribution in [2.24, 2.45) is 0 Å². The van der Waals surface area contributed by atoms with Crippen LogP contribution in [0.25, 0.3) is 0 Å². The summed E-state index contributed by atoms with van der Waals surface area (Å²) in [6.45, 7) is 5.39. The van der Waals surface area contributed by atoms with E-state index in [4.69, 9.17) is 4.74 Å². The van der Waals surface area contributed by atoms with Crippen LogP contribution in [0, 0.1) is 22.9 Å². The van der Waals surface area contributed by atoms with E-state index < -0.39 is 10.7 Å². The molecule has 168 valence electrons. The van der Waals surface area contributed by atoms with E-state index in [2.05, 4.69) is 35.8 Å². The third kappa shape index (κ3) is 4.72. The van der Waals surface area contributed by atoms with Gasteiger partial charge in [0.1, 0.15) is 5.82 Å². The van der Waals surface area contributed by atoms with Crippen LogP contribution >= 0.6 is 0 Å². The molecule has 3 N–H and O–H groups in total. The van der Waals surface area contributed by atoms with Gasteiger partial charge in [-0.3, -0.25) is 20.2 Å². The zero-order chi connectivity index (χ0) is 22.7. The monoisotopic (exact) mass is 443 g/mol. The Bertz CT molecular complexity index is 1100. The fraction of sp³-hybridized carbons (Fsp3) is 0.368. The van der Waals surface area contributed by atoms with Crippen molar-refractivity contribution in [1.82, 2.24) is 25.1 Å². The standard InChI is InChI=1S/C19H22FN9O3/c1-11-9-15(27-26-11)23-17-16(29(30)31)18(28-5-7-32-8-6-28)25-19(24-17)22-12(2)14-4-3-13(20)10-21-14/h3-4,9-10,12H,5-8H2,1-2H3,(H3,22,23,24,25,26,27)/t12-/m0/s1. The molecule has 3 aromatic heterocycles. The maximum Gasteiger partial charge on any atom is 0.353 e. The number of H-pyrrole nitrogens is 1. The predicted molar refractivity (Wildman–Crippen MR) is 115 cm³/mol. The van der Waals surface area contributed by atoms with E-state index >= 15 is 0 Å². The molecule has 1 atom stereocenters. The number of nitro groups is 1. The Kier molecular flexibility index (Phi) is 6.07. The Hall–Kier alpha value is -3.87. The Morgan fingerprint density at radius 2 is 2.09 bits per heavy atom. The molecule has 0 spiro atoms. The molecule has 1 aliphatic heterocycles. The smallest absolute Gasteiger partial charge is 0.353 e. The van der Waals surface area contributed by atoms with Crippen molar-refractivity contribution in [2.75, 3.05) is 41.8 Å². The summed E-state index contributed by atoms with van der Waals surface area (Å²) in [7, 11) is 0. The molecule has 0 aliphatic carbocycles. The zero-order valence-corrected chi connectivity index (χ0v) is 17.5. The molecule has 12 nitrogen and oxygen atoms in total. The third-order valence-corrected chi connectivity index (χ3v) is 4.85. The van der Waals surface area contributed by atoms with E-state index in [-0.39, 0.29) is 29.3 Å². The third-order valence-electron chi connectivity index (χ3n) is 4.85. The van der Waals surface area contributed by atoms with Crippen LogP contribution in [0.2, 0.25) is 0 Å². The molecular formula is C19H22FN9O3. The molecule has 0 amide bonds. The maximum atomic E-state index is 13.2. The minimum atomic E-state index is -0.513. The van der Waals surface area contributed by atoms with E-state index in [1.54, 1.807) is 17.0 Å². The van der Waals surface area contributed by atoms with Gasteiger partial charge in [0.2, 0.25) is 17.6 Å². The number of aromatic nitrogens is 5. The summed E-state index contributed by atoms with van der Waals surface area (Å²) >= 11 is 0. The van der Waals surface area contributed by atoms with Gasteiger partial charge in [-0.2, -0.15) is 15.1 Å². The molecule has 0 radical (unpaired) electrons. The first-order valence-electron chi connectivity index (χ1n) is 9.97. The van der Waals surface area contributed by atoms with E-state index in [9.17, 15) is 14.5 Å². The van der Waals surface area contributed by atoms with Crippen molar-refractivity contribution in [3.8, 4) is 0 Å². The summed E-state index contributed by atoms with van der Waals surface area (Å²) in [6.07, 6.45) is 1.12. The summed E-state index contributed by atoms with van der Waals surface area (Å²) in [4.78, 5) is 26.1. The molecule has 0 unspecified atom stereocenters. The maximum absolute atomic E-state index is 13.2. The van der Waals surface area contributed by atoms with Gasteiger partial charge in [0.25, 0.3) is 0 Å². The average Bonchev–Trinajstić information content (AvgIpc) is 3.18. The van der Waals surface area contributed by atoms with Gasteiger partial charge in [0.15, 0.2) is 5.82 Å². The lowest BCUT2D eigenvalue weighted by Gasteiger charge is -2.28. The number of anilines is 4. The highest BCUT2D eigenvalue weighted by atomic mass is 19.1. The Morgan fingerprint density at radius 3 is 2.72 bits per heavy atom. The molecule has 32 heavy (non-hydrogen) atoms. The number of halogens is 1. The first-order chi connectivity index (χ1) is 15.4. The van der Waals surface area contributed by atoms with Gasteiger partial charge >= 0.3 is 5.69 Å². The van der Waals surface area contributed by atoms with Gasteiger partial charge in [-0.05, 0) is 26.0 Å². The van der Waals surface area contributed by atoms with Crippen LogP contribution in [-0.2, 0) is 4.74 Å². The number of hydrogen-bond acceptors (Lipinski definition) is 10. The molecule has 4 heterocycles. The lowest BCUT2D eigenvalue weighted by molar-refractivity contribution is -0.383. The second kappa shape index (κ2) is 9.09. The summed E-state index contributed by atoms with van der Waals surface area (Å²) < 4.78 is 18.6. The number of hydrogen-bond donors (Lipinski definition) is 3. The predicted octanol–water partition coefficient (Wildman–Crippen LogP) is 2.70. The second-order valence-corrected chi connectivity index (χ2v) is 7.25. The number of morpholine rings is 1. The zero-order valence-electron chi connectivity index (χ0n) is 17.5. The molecule has 0 bridgehead atoms. The number of aromatic amines is 1. The number of ether oxygens (including phenoxy) is 1. The van der Waals surface area contributed by atoms with E-state index in [0.717, 1.165) is 11.9 Å². The molecule has 0 saturated carbocycles. The van der Waals surface area contributed by atoms with Crippen LogP contribution in [0.5, 0.6) is 0 Å². The Balaban J connectivity index is 1.73. The number of aryl methyl sites for hydroxylation is 1. The van der Waals surface area contributed by atoms with Crippen LogP contribution in [0.3, 0.4) is 0 Å². The molecular weight excluding hydrogens is 421 g/mol. The first kappa shape index (κ1) is 21.4. The second-order valence-electron chi connectivity index (χ2n) is 7.25. The number of nitrogens with one attached hydrogen (secondary N) is 3. The van der Waals surface area contributed by atoms with Crippen LogP contribution in [0.1, 0.15) is 24.4 Å². The topological polar surface area (TPSA) is 147 Å². The summed E-state index contributed by atoms with van der Waals surface area (Å²) in [6, 6.07) is 4.18. The van der Waals surface area contributed by atoms with Gasteiger partial charge in [0, 0.05) is 24.8 Å². The van der Waals surface area contributed by atoms with Gasteiger partial charge in [-0.25, -0.2) is 4.39 Å². The minimum absolute atomic E-state index is 0.000225. The summed E-state index contributed by atoms with van der Waals surface area (Å²) in [5.41, 5.74) is 1.09. The molecule has 4 rings (SSSR count). The van der Waals surface area contributed by atoms with Gasteiger partial charge < -0.3 is 20.3 Å². The highest BCUT2D eigenvalue weighted by Gasteiger charge is 2.30. The van der Waals surface area contributed by atoms with Gasteiger partial charge in [-0.1, -0.05) is 0 Å². The van der Waals surface area contributed by atoms with Gasteiger partial charge in [-0.15, -0.1) is 0 Å². The summed E-state index contributed by atoms with van der Waals surface area (Å²) in [5.74, 6) is 0.273.